The Kier molecular flexibility index (Phi) is 6.21. The number of anilines is 1. The highest BCUT2D eigenvalue weighted by atomic mass is 16.5. The smallest absolute Gasteiger partial charge is 0.307 e. The van der Waals surface area contributed by atoms with Gasteiger partial charge in [-0.2, -0.15) is 0 Å². The molecule has 0 aromatic heterocycles. The van der Waals surface area contributed by atoms with Crippen molar-refractivity contribution < 1.29 is 28.6 Å². The van der Waals surface area contributed by atoms with Gasteiger partial charge < -0.3 is 24.4 Å². The second-order valence-electron chi connectivity index (χ2n) is 5.56. The van der Waals surface area contributed by atoms with E-state index in [1.54, 1.807) is 25.3 Å². The third-order valence-corrected chi connectivity index (χ3v) is 4.03. The average Bonchev–Trinajstić information content (AvgIpc) is 3.02. The molecule has 8 nitrogen and oxygen atoms in total. The van der Waals surface area contributed by atoms with Crippen LogP contribution in [0.5, 0.6) is 11.5 Å². The number of nitrogens with zero attached hydrogens (tertiary/aromatic N) is 1. The minimum atomic E-state index is -0.475. The Morgan fingerprint density at radius 3 is 2.64 bits per heavy atom. The molecule has 2 amide bonds. The molecule has 1 N–H and O–H groups in total. The standard InChI is InChI=1S/C17H22N2O6/c1-23-12-4-5-13(14(9-12)24-2)19-10-11(8-15(19)20)17(22)18-7-6-16(21)25-3/h4-5,9,11H,6-8,10H2,1-3H3,(H,18,22). The van der Waals surface area contributed by atoms with Crippen LogP contribution in [0.3, 0.4) is 0 Å². The van der Waals surface area contributed by atoms with Gasteiger partial charge in [0.05, 0.1) is 39.4 Å². The zero-order valence-corrected chi connectivity index (χ0v) is 14.5. The molecular weight excluding hydrogens is 328 g/mol. The van der Waals surface area contributed by atoms with Crippen LogP contribution in [-0.2, 0) is 19.1 Å². The Morgan fingerprint density at radius 1 is 1.24 bits per heavy atom. The number of ether oxygens (including phenoxy) is 3. The summed E-state index contributed by atoms with van der Waals surface area (Å²) in [6.45, 7) is 0.438. The lowest BCUT2D eigenvalue weighted by molar-refractivity contribution is -0.140. The van der Waals surface area contributed by atoms with Crippen molar-refractivity contribution in [1.29, 1.82) is 0 Å². The maximum atomic E-state index is 12.3. The maximum absolute atomic E-state index is 12.3. The van der Waals surface area contributed by atoms with Gasteiger partial charge in [0, 0.05) is 25.6 Å². The SMILES string of the molecule is COC(=O)CCNC(=O)C1CC(=O)N(c2ccc(OC)cc2OC)C1. The highest BCUT2D eigenvalue weighted by Crippen LogP contribution is 2.35. The van der Waals surface area contributed by atoms with E-state index in [1.165, 1.54) is 19.1 Å². The van der Waals surface area contributed by atoms with Crippen LogP contribution in [0.15, 0.2) is 18.2 Å². The molecule has 0 saturated carbocycles. The minimum Gasteiger partial charge on any atom is -0.497 e. The largest absolute Gasteiger partial charge is 0.497 e. The van der Waals surface area contributed by atoms with Crippen LogP contribution in [-0.4, -0.2) is 52.2 Å². The van der Waals surface area contributed by atoms with Gasteiger partial charge in [0.2, 0.25) is 11.8 Å². The van der Waals surface area contributed by atoms with E-state index in [0.29, 0.717) is 17.2 Å². The van der Waals surface area contributed by atoms with Crippen LogP contribution < -0.4 is 19.7 Å². The summed E-state index contributed by atoms with van der Waals surface area (Å²) in [4.78, 5) is 37.1. The maximum Gasteiger partial charge on any atom is 0.307 e. The molecule has 1 unspecified atom stereocenters. The molecule has 1 aromatic rings. The van der Waals surface area contributed by atoms with Crippen molar-refractivity contribution in [3.63, 3.8) is 0 Å². The van der Waals surface area contributed by atoms with Crippen molar-refractivity contribution in [2.45, 2.75) is 12.8 Å². The molecule has 0 spiro atoms. The van der Waals surface area contributed by atoms with Crippen LogP contribution >= 0.6 is 0 Å². The quantitative estimate of drug-likeness (QED) is 0.729. The Balaban J connectivity index is 2.02. The van der Waals surface area contributed by atoms with E-state index in [1.807, 2.05) is 0 Å². The number of amides is 2. The molecule has 1 atom stereocenters. The molecule has 1 aliphatic heterocycles. The predicted octanol–water partition coefficient (Wildman–Crippen LogP) is 0.736. The molecule has 0 bridgehead atoms. The minimum absolute atomic E-state index is 0.0962. The first-order valence-electron chi connectivity index (χ1n) is 7.87. The van der Waals surface area contributed by atoms with Crippen molar-refractivity contribution in [3.8, 4) is 11.5 Å². The summed E-state index contributed by atoms with van der Waals surface area (Å²) in [6.07, 6.45) is 0.207. The summed E-state index contributed by atoms with van der Waals surface area (Å²) in [5, 5.41) is 2.66. The van der Waals surface area contributed by atoms with Crippen molar-refractivity contribution in [2.75, 3.05) is 39.3 Å². The number of esters is 1. The van der Waals surface area contributed by atoms with Crippen LogP contribution in [0.1, 0.15) is 12.8 Å². The van der Waals surface area contributed by atoms with Gasteiger partial charge in [-0.05, 0) is 12.1 Å². The van der Waals surface area contributed by atoms with Crippen molar-refractivity contribution in [3.05, 3.63) is 18.2 Å². The molecule has 136 valence electrons. The molecule has 1 saturated heterocycles. The molecule has 0 aliphatic carbocycles. The molecule has 1 aromatic carbocycles. The molecular formula is C17H22N2O6. The van der Waals surface area contributed by atoms with Gasteiger partial charge in [0.1, 0.15) is 11.5 Å². The zero-order chi connectivity index (χ0) is 18.4. The summed E-state index contributed by atoms with van der Waals surface area (Å²) in [6, 6.07) is 5.15. The van der Waals surface area contributed by atoms with E-state index in [-0.39, 0.29) is 37.7 Å². The summed E-state index contributed by atoms with van der Waals surface area (Å²) < 4.78 is 15.0. The Bertz CT molecular complexity index is 661. The second kappa shape index (κ2) is 8.36. The molecule has 0 radical (unpaired) electrons. The molecule has 1 fully saturated rings. The summed E-state index contributed by atoms with van der Waals surface area (Å²) in [5.74, 6) is -0.169. The summed E-state index contributed by atoms with van der Waals surface area (Å²) in [5.41, 5.74) is 0.596. The molecule has 1 aliphatic rings. The van der Waals surface area contributed by atoms with E-state index >= 15 is 0 Å². The topological polar surface area (TPSA) is 94.2 Å². The van der Waals surface area contributed by atoms with Gasteiger partial charge in [-0.3, -0.25) is 14.4 Å². The normalized spacial score (nSPS) is 16.5. The van der Waals surface area contributed by atoms with Gasteiger partial charge in [-0.25, -0.2) is 0 Å². The number of rotatable bonds is 7. The van der Waals surface area contributed by atoms with Crippen molar-refractivity contribution in [1.82, 2.24) is 5.32 Å². The summed E-state index contributed by atoms with van der Waals surface area (Å²) in [7, 11) is 4.35. The van der Waals surface area contributed by atoms with Crippen LogP contribution in [0, 0.1) is 5.92 Å². The third-order valence-electron chi connectivity index (χ3n) is 4.03. The number of benzene rings is 1. The summed E-state index contributed by atoms with van der Waals surface area (Å²) >= 11 is 0. The molecule has 8 heteroatoms. The fourth-order valence-electron chi connectivity index (χ4n) is 2.66. The number of carbonyl (C=O) groups excluding carboxylic acids is 3. The Labute approximate surface area is 146 Å². The lowest BCUT2D eigenvalue weighted by Gasteiger charge is -2.20. The van der Waals surface area contributed by atoms with Gasteiger partial charge >= 0.3 is 5.97 Å². The first-order chi connectivity index (χ1) is 12.0. The average molecular weight is 350 g/mol. The fourth-order valence-corrected chi connectivity index (χ4v) is 2.66. The highest BCUT2D eigenvalue weighted by molar-refractivity contribution is 6.01. The fraction of sp³-hybridized carbons (Fsp3) is 0.471. The lowest BCUT2D eigenvalue weighted by atomic mass is 10.1. The monoisotopic (exact) mass is 350 g/mol. The van der Waals surface area contributed by atoms with Gasteiger partial charge in [0.15, 0.2) is 0 Å². The van der Waals surface area contributed by atoms with Gasteiger partial charge in [-0.15, -0.1) is 0 Å². The zero-order valence-electron chi connectivity index (χ0n) is 14.5. The Hall–Kier alpha value is -2.77. The van der Waals surface area contributed by atoms with Crippen LogP contribution in [0.25, 0.3) is 0 Å². The van der Waals surface area contributed by atoms with Crippen LogP contribution in [0.4, 0.5) is 5.69 Å². The molecule has 1 heterocycles. The van der Waals surface area contributed by atoms with Crippen LogP contribution in [0.2, 0.25) is 0 Å². The van der Waals surface area contributed by atoms with E-state index in [4.69, 9.17) is 9.47 Å². The lowest BCUT2D eigenvalue weighted by Crippen LogP contribution is -2.34. The van der Waals surface area contributed by atoms with Gasteiger partial charge in [-0.1, -0.05) is 0 Å². The first kappa shape index (κ1) is 18.6. The number of nitrogens with one attached hydrogen (secondary N) is 1. The predicted molar refractivity (Wildman–Crippen MR) is 89.6 cm³/mol. The molecule has 2 rings (SSSR count). The van der Waals surface area contributed by atoms with Crippen molar-refractivity contribution in [2.24, 2.45) is 5.92 Å². The van der Waals surface area contributed by atoms with E-state index in [0.717, 1.165) is 0 Å². The first-order valence-corrected chi connectivity index (χ1v) is 7.87. The number of carbonyl (C=O) groups is 3. The Morgan fingerprint density at radius 2 is 2.00 bits per heavy atom. The van der Waals surface area contributed by atoms with Crippen molar-refractivity contribution >= 4 is 23.5 Å². The van der Waals surface area contributed by atoms with Gasteiger partial charge in [0.25, 0.3) is 0 Å². The van der Waals surface area contributed by atoms with E-state index < -0.39 is 11.9 Å². The number of hydrogen-bond acceptors (Lipinski definition) is 6. The molecule has 25 heavy (non-hydrogen) atoms. The van der Waals surface area contributed by atoms with E-state index in [2.05, 4.69) is 10.1 Å². The number of hydrogen-bond donors (Lipinski definition) is 1. The second-order valence-corrected chi connectivity index (χ2v) is 5.56. The number of methoxy groups -OCH3 is 3. The third kappa shape index (κ3) is 4.40. The van der Waals surface area contributed by atoms with E-state index in [9.17, 15) is 14.4 Å². The highest BCUT2D eigenvalue weighted by Gasteiger charge is 2.36.